The monoisotopic (exact) mass is 386 g/mol. The molecule has 27 heavy (non-hydrogen) atoms. The summed E-state index contributed by atoms with van der Waals surface area (Å²) in [5.41, 5.74) is 2.66. The third-order valence-electron chi connectivity index (χ3n) is 6.58. The van der Waals surface area contributed by atoms with E-state index in [0.29, 0.717) is 12.3 Å². The number of fused-ring (bicyclic) bond motifs is 1. The number of hydrogen-bond donors (Lipinski definition) is 0. The van der Waals surface area contributed by atoms with Gasteiger partial charge < -0.3 is 4.90 Å². The Balaban J connectivity index is 1.64. The van der Waals surface area contributed by atoms with Crippen molar-refractivity contribution in [2.75, 3.05) is 31.1 Å². The minimum atomic E-state index is -0.307. The average Bonchev–Trinajstić information content (AvgIpc) is 3.30. The highest BCUT2D eigenvalue weighted by atomic mass is 32.2. The summed E-state index contributed by atoms with van der Waals surface area (Å²) in [6.45, 7) is 9.41. The summed E-state index contributed by atoms with van der Waals surface area (Å²) in [4.78, 5) is 30.9. The van der Waals surface area contributed by atoms with Crippen molar-refractivity contribution in [3.05, 3.63) is 34.9 Å². The summed E-state index contributed by atoms with van der Waals surface area (Å²) >= 11 is 1.94. The van der Waals surface area contributed by atoms with Crippen LogP contribution >= 0.6 is 11.8 Å². The van der Waals surface area contributed by atoms with Crippen LogP contribution in [-0.4, -0.2) is 58.3 Å². The largest absolute Gasteiger partial charge is 0.322 e. The number of nitrogens with zero attached hydrogens (tertiary/aromatic N) is 2. The highest BCUT2D eigenvalue weighted by Gasteiger charge is 2.47. The molecule has 0 bridgehead atoms. The number of Topliss-reactive ketones (excluding diaryl/α,β-unsaturated/α-hetero) is 1. The van der Waals surface area contributed by atoms with Gasteiger partial charge in [0.1, 0.15) is 5.66 Å². The van der Waals surface area contributed by atoms with E-state index in [9.17, 15) is 9.59 Å². The Kier molecular flexibility index (Phi) is 5.10. The number of carbonyl (C=O) groups excluding carboxylic acids is 2. The Labute approximate surface area is 166 Å². The SMILES string of the molecule is CC(C)c1ccc2c(c1)C(=O)CC2C(=O)N1CCSCC1(C)N1CCCC1. The lowest BCUT2D eigenvalue weighted by Crippen LogP contribution is -2.64. The Morgan fingerprint density at radius 2 is 1.96 bits per heavy atom. The molecule has 146 valence electrons. The predicted octanol–water partition coefficient (Wildman–Crippen LogP) is 3.87. The molecule has 1 aromatic carbocycles. The van der Waals surface area contributed by atoms with Crippen molar-refractivity contribution in [2.24, 2.45) is 0 Å². The molecule has 4 nitrogen and oxygen atoms in total. The Morgan fingerprint density at radius 3 is 2.67 bits per heavy atom. The van der Waals surface area contributed by atoms with Gasteiger partial charge in [-0.2, -0.15) is 11.8 Å². The first kappa shape index (κ1) is 19.0. The summed E-state index contributed by atoms with van der Waals surface area (Å²) in [7, 11) is 0. The molecule has 2 unspecified atom stereocenters. The Bertz CT molecular complexity index is 757. The van der Waals surface area contributed by atoms with Gasteiger partial charge in [-0.3, -0.25) is 14.5 Å². The van der Waals surface area contributed by atoms with Gasteiger partial charge in [0.2, 0.25) is 5.91 Å². The highest BCUT2D eigenvalue weighted by molar-refractivity contribution is 7.99. The minimum Gasteiger partial charge on any atom is -0.322 e. The van der Waals surface area contributed by atoms with Crippen LogP contribution in [0, 0.1) is 0 Å². The van der Waals surface area contributed by atoms with Crippen molar-refractivity contribution in [3.8, 4) is 0 Å². The first-order valence-electron chi connectivity index (χ1n) is 10.2. The van der Waals surface area contributed by atoms with Crippen LogP contribution in [0.2, 0.25) is 0 Å². The molecule has 2 atom stereocenters. The van der Waals surface area contributed by atoms with Gasteiger partial charge >= 0.3 is 0 Å². The number of rotatable bonds is 3. The smallest absolute Gasteiger partial charge is 0.232 e. The quantitative estimate of drug-likeness (QED) is 0.791. The molecule has 4 rings (SSSR count). The molecule has 2 fully saturated rings. The van der Waals surface area contributed by atoms with E-state index in [4.69, 9.17) is 0 Å². The molecule has 2 heterocycles. The third kappa shape index (κ3) is 3.23. The van der Waals surface area contributed by atoms with E-state index >= 15 is 0 Å². The van der Waals surface area contributed by atoms with Gasteiger partial charge in [-0.05, 0) is 42.9 Å². The van der Waals surface area contributed by atoms with Gasteiger partial charge in [-0.25, -0.2) is 0 Å². The molecule has 1 amide bonds. The van der Waals surface area contributed by atoms with Gasteiger partial charge in [0.15, 0.2) is 5.78 Å². The van der Waals surface area contributed by atoms with Crippen LogP contribution in [-0.2, 0) is 4.79 Å². The van der Waals surface area contributed by atoms with Crippen LogP contribution < -0.4 is 0 Å². The molecule has 2 saturated heterocycles. The fraction of sp³-hybridized carbons (Fsp3) is 0.636. The van der Waals surface area contributed by atoms with E-state index in [1.165, 1.54) is 18.4 Å². The van der Waals surface area contributed by atoms with Crippen molar-refractivity contribution in [1.82, 2.24) is 9.80 Å². The van der Waals surface area contributed by atoms with Crippen molar-refractivity contribution in [2.45, 2.75) is 57.5 Å². The fourth-order valence-electron chi connectivity index (χ4n) is 4.84. The molecule has 2 aliphatic heterocycles. The first-order valence-corrected chi connectivity index (χ1v) is 11.4. The van der Waals surface area contributed by atoms with E-state index in [1.807, 2.05) is 23.9 Å². The van der Waals surface area contributed by atoms with E-state index in [-0.39, 0.29) is 23.3 Å². The molecule has 0 spiro atoms. The maximum Gasteiger partial charge on any atom is 0.232 e. The maximum absolute atomic E-state index is 13.6. The van der Waals surface area contributed by atoms with E-state index in [2.05, 4.69) is 36.6 Å². The zero-order valence-corrected chi connectivity index (χ0v) is 17.5. The Morgan fingerprint density at radius 1 is 1.22 bits per heavy atom. The second kappa shape index (κ2) is 7.25. The molecule has 5 heteroatoms. The summed E-state index contributed by atoms with van der Waals surface area (Å²) in [5, 5.41) is 0. The first-order chi connectivity index (χ1) is 12.9. The van der Waals surface area contributed by atoms with Crippen molar-refractivity contribution < 1.29 is 9.59 Å². The molecule has 1 aliphatic carbocycles. The van der Waals surface area contributed by atoms with E-state index in [0.717, 1.165) is 42.3 Å². The lowest BCUT2D eigenvalue weighted by atomic mass is 9.94. The molecule has 3 aliphatic rings. The standard InChI is InChI=1S/C22H30N2O2S/c1-15(2)16-6-7-17-18(12-16)20(25)13-19(17)21(26)24-10-11-27-14-22(24,3)23-8-4-5-9-23/h6-7,12,15,19H,4-5,8-11,13-14H2,1-3H3. The normalized spacial score (nSPS) is 28.8. The van der Waals surface area contributed by atoms with Gasteiger partial charge in [0.05, 0.1) is 5.92 Å². The number of thioether (sulfide) groups is 1. The fourth-order valence-corrected chi connectivity index (χ4v) is 6.02. The van der Waals surface area contributed by atoms with Crippen molar-refractivity contribution in [1.29, 1.82) is 0 Å². The third-order valence-corrected chi connectivity index (χ3v) is 7.80. The van der Waals surface area contributed by atoms with Crippen LogP contribution in [0.4, 0.5) is 0 Å². The van der Waals surface area contributed by atoms with Gasteiger partial charge in [-0.15, -0.1) is 0 Å². The zero-order chi connectivity index (χ0) is 19.2. The topological polar surface area (TPSA) is 40.6 Å². The molecule has 0 saturated carbocycles. The lowest BCUT2D eigenvalue weighted by molar-refractivity contribution is -0.145. The van der Waals surface area contributed by atoms with Crippen LogP contribution in [0.5, 0.6) is 0 Å². The summed E-state index contributed by atoms with van der Waals surface area (Å²) in [6.07, 6.45) is 2.76. The van der Waals surface area contributed by atoms with E-state index < -0.39 is 0 Å². The van der Waals surface area contributed by atoms with Crippen LogP contribution in [0.25, 0.3) is 0 Å². The van der Waals surface area contributed by atoms with Gasteiger partial charge in [0, 0.05) is 43.1 Å². The summed E-state index contributed by atoms with van der Waals surface area (Å²) < 4.78 is 0. The molecule has 0 N–H and O–H groups in total. The number of benzene rings is 1. The number of amides is 1. The summed E-state index contributed by atoms with van der Waals surface area (Å²) in [6, 6.07) is 6.14. The second-order valence-corrected chi connectivity index (χ2v) is 9.74. The zero-order valence-electron chi connectivity index (χ0n) is 16.7. The minimum absolute atomic E-state index is 0.125. The lowest BCUT2D eigenvalue weighted by Gasteiger charge is -2.50. The van der Waals surface area contributed by atoms with Crippen molar-refractivity contribution >= 4 is 23.5 Å². The molecule has 0 aromatic heterocycles. The average molecular weight is 387 g/mol. The van der Waals surface area contributed by atoms with Crippen LogP contribution in [0.15, 0.2) is 18.2 Å². The summed E-state index contributed by atoms with van der Waals surface area (Å²) in [5.74, 6) is 2.29. The predicted molar refractivity (Wildman–Crippen MR) is 110 cm³/mol. The molecular weight excluding hydrogens is 356 g/mol. The number of carbonyl (C=O) groups is 2. The van der Waals surface area contributed by atoms with Crippen molar-refractivity contribution in [3.63, 3.8) is 0 Å². The van der Waals surface area contributed by atoms with E-state index in [1.54, 1.807) is 0 Å². The number of likely N-dealkylation sites (tertiary alicyclic amines) is 1. The molecular formula is C22H30N2O2S. The van der Waals surface area contributed by atoms with Gasteiger partial charge in [0.25, 0.3) is 0 Å². The van der Waals surface area contributed by atoms with Crippen LogP contribution in [0.1, 0.15) is 73.4 Å². The second-order valence-electron chi connectivity index (χ2n) is 8.63. The van der Waals surface area contributed by atoms with Crippen LogP contribution in [0.3, 0.4) is 0 Å². The number of hydrogen-bond acceptors (Lipinski definition) is 4. The number of ketones is 1. The van der Waals surface area contributed by atoms with Gasteiger partial charge in [-0.1, -0.05) is 26.0 Å². The molecule has 1 aromatic rings. The Hall–Kier alpha value is -1.33. The highest BCUT2D eigenvalue weighted by Crippen LogP contribution is 2.40. The molecule has 0 radical (unpaired) electrons. The maximum atomic E-state index is 13.6.